The Labute approximate surface area is 122 Å². The Kier molecular flexibility index (Phi) is 3.70. The van der Waals surface area contributed by atoms with Gasteiger partial charge >= 0.3 is 0 Å². The maximum absolute atomic E-state index is 12.2. The van der Waals surface area contributed by atoms with Gasteiger partial charge in [-0.3, -0.25) is 4.72 Å². The van der Waals surface area contributed by atoms with E-state index in [1.807, 2.05) is 0 Å². The van der Waals surface area contributed by atoms with Crippen LogP contribution in [0.1, 0.15) is 0 Å². The molecule has 1 aromatic heterocycles. The quantitative estimate of drug-likeness (QED) is 0.803. The number of nitrogens with two attached hydrogens (primary N) is 1. The number of nitrogens with zero attached hydrogens (tertiary/aromatic N) is 3. The molecule has 0 aliphatic carbocycles. The summed E-state index contributed by atoms with van der Waals surface area (Å²) in [5.41, 5.74) is 6.22. The van der Waals surface area contributed by atoms with Crippen molar-refractivity contribution in [2.45, 2.75) is 5.03 Å². The highest BCUT2D eigenvalue weighted by Crippen LogP contribution is 2.26. The lowest BCUT2D eigenvalue weighted by atomic mass is 10.3. The Hall–Kier alpha value is -1.32. The maximum atomic E-state index is 12.2. The first-order valence-corrected chi connectivity index (χ1v) is 7.59. The number of nitrogens with one attached hydrogen (secondary N) is 1. The van der Waals surface area contributed by atoms with Crippen molar-refractivity contribution in [2.75, 3.05) is 10.5 Å². The highest BCUT2D eigenvalue weighted by Gasteiger charge is 2.24. The van der Waals surface area contributed by atoms with Gasteiger partial charge in [-0.05, 0) is 34.1 Å². The summed E-state index contributed by atoms with van der Waals surface area (Å²) in [7, 11) is -2.34. The number of benzene rings is 1. The molecule has 0 amide bonds. The molecule has 1 heterocycles. The van der Waals surface area contributed by atoms with Gasteiger partial charge in [-0.25, -0.2) is 4.68 Å². The van der Waals surface area contributed by atoms with Gasteiger partial charge in [0.1, 0.15) is 0 Å². The Morgan fingerprint density at radius 3 is 2.68 bits per heavy atom. The summed E-state index contributed by atoms with van der Waals surface area (Å²) in [4.78, 5) is 0. The van der Waals surface area contributed by atoms with Crippen molar-refractivity contribution >= 4 is 48.9 Å². The van der Waals surface area contributed by atoms with Crippen LogP contribution in [-0.2, 0) is 17.1 Å². The van der Waals surface area contributed by atoms with E-state index in [0.717, 1.165) is 4.68 Å². The van der Waals surface area contributed by atoms with Gasteiger partial charge in [0.25, 0.3) is 10.0 Å². The molecule has 3 N–H and O–H groups in total. The normalized spacial score (nSPS) is 11.5. The van der Waals surface area contributed by atoms with Gasteiger partial charge in [0, 0.05) is 7.05 Å². The molecule has 7 nitrogen and oxygen atoms in total. The summed E-state index contributed by atoms with van der Waals surface area (Å²) in [6.45, 7) is 0. The van der Waals surface area contributed by atoms with Crippen LogP contribution in [0, 0.1) is 0 Å². The van der Waals surface area contributed by atoms with Crippen molar-refractivity contribution in [1.29, 1.82) is 0 Å². The lowest BCUT2D eigenvalue weighted by Gasteiger charge is -2.09. The fraction of sp³-hybridized carbons (Fsp3) is 0.111. The van der Waals surface area contributed by atoms with Crippen molar-refractivity contribution in [2.24, 2.45) is 7.05 Å². The SMILES string of the molecule is Cn1nnc(Br)c1S(=O)(=O)Nc1ccc(N)c(Cl)c1. The molecule has 0 unspecified atom stereocenters. The number of aromatic nitrogens is 3. The van der Waals surface area contributed by atoms with E-state index in [0.29, 0.717) is 11.4 Å². The van der Waals surface area contributed by atoms with E-state index in [9.17, 15) is 8.42 Å². The van der Waals surface area contributed by atoms with Gasteiger partial charge < -0.3 is 5.73 Å². The van der Waals surface area contributed by atoms with Crippen LogP contribution in [0.4, 0.5) is 11.4 Å². The van der Waals surface area contributed by atoms with Crippen molar-refractivity contribution < 1.29 is 8.42 Å². The van der Waals surface area contributed by atoms with Crippen LogP contribution in [0.2, 0.25) is 5.02 Å². The molecule has 0 saturated heterocycles. The van der Waals surface area contributed by atoms with E-state index in [1.54, 1.807) is 0 Å². The summed E-state index contributed by atoms with van der Waals surface area (Å²) in [5.74, 6) is 0. The van der Waals surface area contributed by atoms with Crippen LogP contribution in [-0.4, -0.2) is 23.4 Å². The van der Waals surface area contributed by atoms with E-state index >= 15 is 0 Å². The lowest BCUT2D eigenvalue weighted by Crippen LogP contribution is -2.17. The van der Waals surface area contributed by atoms with Crippen LogP contribution in [0.15, 0.2) is 27.8 Å². The number of aryl methyl sites for hydroxylation is 1. The monoisotopic (exact) mass is 365 g/mol. The number of rotatable bonds is 3. The third kappa shape index (κ3) is 2.82. The maximum Gasteiger partial charge on any atom is 0.281 e. The molecule has 0 atom stereocenters. The first kappa shape index (κ1) is 14.1. The highest BCUT2D eigenvalue weighted by molar-refractivity contribution is 9.10. The number of halogens is 2. The van der Waals surface area contributed by atoms with E-state index < -0.39 is 10.0 Å². The van der Waals surface area contributed by atoms with E-state index in [1.165, 1.54) is 25.2 Å². The summed E-state index contributed by atoms with van der Waals surface area (Å²) in [6.07, 6.45) is 0. The van der Waals surface area contributed by atoms with Gasteiger partial charge in [0.2, 0.25) is 5.03 Å². The zero-order valence-electron chi connectivity index (χ0n) is 9.63. The van der Waals surface area contributed by atoms with Crippen LogP contribution in [0.3, 0.4) is 0 Å². The molecule has 102 valence electrons. The van der Waals surface area contributed by atoms with Crippen molar-refractivity contribution in [3.63, 3.8) is 0 Å². The van der Waals surface area contributed by atoms with Gasteiger partial charge in [0.15, 0.2) is 4.60 Å². The van der Waals surface area contributed by atoms with Crippen molar-refractivity contribution in [3.05, 3.63) is 27.8 Å². The molecular formula is C9H9BrClN5O2S. The molecule has 0 fully saturated rings. The molecule has 19 heavy (non-hydrogen) atoms. The van der Waals surface area contributed by atoms with Crippen LogP contribution < -0.4 is 10.5 Å². The van der Waals surface area contributed by atoms with Gasteiger partial charge in [-0.1, -0.05) is 16.8 Å². The summed E-state index contributed by atoms with van der Waals surface area (Å²) in [5, 5.41) is 7.41. The Balaban J connectivity index is 2.39. The third-order valence-electron chi connectivity index (χ3n) is 2.24. The first-order valence-electron chi connectivity index (χ1n) is 4.94. The van der Waals surface area contributed by atoms with Crippen LogP contribution in [0.5, 0.6) is 0 Å². The van der Waals surface area contributed by atoms with E-state index in [2.05, 4.69) is 31.0 Å². The number of anilines is 2. The zero-order valence-corrected chi connectivity index (χ0v) is 12.8. The summed E-state index contributed by atoms with van der Waals surface area (Å²) < 4.78 is 28.0. The van der Waals surface area contributed by atoms with Gasteiger partial charge in [0.05, 0.1) is 16.4 Å². The predicted molar refractivity (Wildman–Crippen MR) is 75.4 cm³/mol. The number of hydrogen-bond donors (Lipinski definition) is 2. The minimum atomic E-state index is -3.82. The molecule has 2 rings (SSSR count). The Morgan fingerprint density at radius 2 is 2.16 bits per heavy atom. The van der Waals surface area contributed by atoms with Crippen LogP contribution >= 0.6 is 27.5 Å². The molecule has 2 aromatic rings. The second kappa shape index (κ2) is 4.99. The topological polar surface area (TPSA) is 103 Å². The molecule has 0 bridgehead atoms. The number of nitrogen functional groups attached to an aromatic ring is 1. The van der Waals surface area contributed by atoms with Crippen molar-refractivity contribution in [1.82, 2.24) is 15.0 Å². The molecule has 1 aromatic carbocycles. The fourth-order valence-electron chi connectivity index (χ4n) is 1.40. The fourth-order valence-corrected chi connectivity index (χ4v) is 3.73. The standard InChI is InChI=1S/C9H9BrClN5O2S/c1-16-9(8(10)13-15-16)19(17,18)14-5-2-3-7(12)6(11)4-5/h2-4,14H,12H2,1H3. The van der Waals surface area contributed by atoms with E-state index in [-0.39, 0.29) is 14.7 Å². The average molecular weight is 367 g/mol. The van der Waals surface area contributed by atoms with Gasteiger partial charge in [-0.2, -0.15) is 8.42 Å². The minimum absolute atomic E-state index is 0.0829. The molecular weight excluding hydrogens is 358 g/mol. The molecule has 10 heteroatoms. The van der Waals surface area contributed by atoms with Gasteiger partial charge in [-0.15, -0.1) is 5.10 Å². The molecule has 0 spiro atoms. The van der Waals surface area contributed by atoms with Crippen LogP contribution in [0.25, 0.3) is 0 Å². The molecule has 0 aliphatic rings. The smallest absolute Gasteiger partial charge is 0.281 e. The second-order valence-electron chi connectivity index (χ2n) is 3.65. The number of hydrogen-bond acceptors (Lipinski definition) is 5. The summed E-state index contributed by atoms with van der Waals surface area (Å²) in [6, 6.07) is 4.44. The third-order valence-corrected chi connectivity index (χ3v) is 4.84. The highest BCUT2D eigenvalue weighted by atomic mass is 79.9. The number of sulfonamides is 1. The zero-order chi connectivity index (χ0) is 14.2. The average Bonchev–Trinajstić information content (AvgIpc) is 2.64. The molecule has 0 aliphatic heterocycles. The predicted octanol–water partition coefficient (Wildman–Crippen LogP) is 1.61. The first-order chi connectivity index (χ1) is 8.81. The largest absolute Gasteiger partial charge is 0.398 e. The molecule has 0 saturated carbocycles. The lowest BCUT2D eigenvalue weighted by molar-refractivity contribution is 0.578. The Bertz CT molecular complexity index is 711. The second-order valence-corrected chi connectivity index (χ2v) is 6.41. The van der Waals surface area contributed by atoms with E-state index in [4.69, 9.17) is 17.3 Å². The Morgan fingerprint density at radius 1 is 1.47 bits per heavy atom. The molecule has 0 radical (unpaired) electrons. The summed E-state index contributed by atoms with van der Waals surface area (Å²) >= 11 is 8.86. The van der Waals surface area contributed by atoms with Crippen molar-refractivity contribution in [3.8, 4) is 0 Å². The minimum Gasteiger partial charge on any atom is -0.398 e.